The third-order valence-electron chi connectivity index (χ3n) is 2.92. The number of nitrogens with one attached hydrogen (secondary N) is 1. The SMILES string of the molecule is C#CCN(C)C(=O)c1ccc(C(=O)Nc2ccccc2N)s1. The predicted octanol–water partition coefficient (Wildman–Crippen LogP) is 2.29. The van der Waals surface area contributed by atoms with Crippen molar-refractivity contribution in [3.05, 3.63) is 46.2 Å². The molecule has 0 atom stereocenters. The van der Waals surface area contributed by atoms with E-state index in [9.17, 15) is 9.59 Å². The van der Waals surface area contributed by atoms with Crippen LogP contribution in [-0.4, -0.2) is 30.3 Å². The summed E-state index contributed by atoms with van der Waals surface area (Å²) in [5.74, 6) is 1.89. The van der Waals surface area contributed by atoms with Crippen molar-refractivity contribution in [2.24, 2.45) is 0 Å². The number of terminal acetylenes is 1. The molecule has 0 spiro atoms. The van der Waals surface area contributed by atoms with Gasteiger partial charge in [0.15, 0.2) is 0 Å². The molecule has 0 fully saturated rings. The molecule has 2 aromatic rings. The van der Waals surface area contributed by atoms with Crippen LogP contribution in [0.4, 0.5) is 11.4 Å². The van der Waals surface area contributed by atoms with E-state index in [1.54, 1.807) is 43.4 Å². The maximum atomic E-state index is 12.2. The van der Waals surface area contributed by atoms with Crippen molar-refractivity contribution in [2.45, 2.75) is 0 Å². The Labute approximate surface area is 132 Å². The fourth-order valence-electron chi connectivity index (χ4n) is 1.77. The minimum absolute atomic E-state index is 0.207. The lowest BCUT2D eigenvalue weighted by Crippen LogP contribution is -2.26. The number of benzene rings is 1. The number of anilines is 2. The molecule has 1 heterocycles. The molecule has 2 rings (SSSR count). The highest BCUT2D eigenvalue weighted by Gasteiger charge is 2.17. The average Bonchev–Trinajstić information content (AvgIpc) is 2.99. The average molecular weight is 313 g/mol. The number of amides is 2. The van der Waals surface area contributed by atoms with Gasteiger partial charge < -0.3 is 16.0 Å². The quantitative estimate of drug-likeness (QED) is 0.672. The van der Waals surface area contributed by atoms with Gasteiger partial charge in [-0.2, -0.15) is 0 Å². The van der Waals surface area contributed by atoms with Gasteiger partial charge >= 0.3 is 0 Å². The second-order valence-electron chi connectivity index (χ2n) is 4.57. The van der Waals surface area contributed by atoms with Crippen molar-refractivity contribution in [1.82, 2.24) is 4.90 Å². The Bertz CT molecular complexity index is 746. The Morgan fingerprint density at radius 3 is 2.64 bits per heavy atom. The first-order valence-electron chi connectivity index (χ1n) is 6.47. The Kier molecular flexibility index (Phi) is 4.81. The van der Waals surface area contributed by atoms with Gasteiger partial charge in [-0.1, -0.05) is 18.1 Å². The number of hydrogen-bond donors (Lipinski definition) is 2. The van der Waals surface area contributed by atoms with E-state index < -0.39 is 0 Å². The van der Waals surface area contributed by atoms with Crippen LogP contribution in [0.5, 0.6) is 0 Å². The monoisotopic (exact) mass is 313 g/mol. The maximum absolute atomic E-state index is 12.2. The van der Waals surface area contributed by atoms with Crippen LogP contribution in [0, 0.1) is 12.3 Å². The van der Waals surface area contributed by atoms with Crippen molar-refractivity contribution in [2.75, 3.05) is 24.6 Å². The molecule has 6 heteroatoms. The highest BCUT2D eigenvalue weighted by molar-refractivity contribution is 7.16. The molecule has 0 saturated heterocycles. The number of nitrogen functional groups attached to an aromatic ring is 1. The van der Waals surface area contributed by atoms with E-state index in [1.807, 2.05) is 0 Å². The van der Waals surface area contributed by atoms with E-state index in [4.69, 9.17) is 12.2 Å². The Hall–Kier alpha value is -2.78. The summed E-state index contributed by atoms with van der Waals surface area (Å²) in [6.07, 6.45) is 5.18. The van der Waals surface area contributed by atoms with Gasteiger partial charge in [-0.3, -0.25) is 9.59 Å². The summed E-state index contributed by atoms with van der Waals surface area (Å²) >= 11 is 1.12. The molecule has 1 aromatic heterocycles. The van der Waals surface area contributed by atoms with E-state index in [2.05, 4.69) is 11.2 Å². The van der Waals surface area contributed by atoms with Gasteiger partial charge in [-0.15, -0.1) is 17.8 Å². The van der Waals surface area contributed by atoms with Crippen LogP contribution in [0.1, 0.15) is 19.3 Å². The summed E-state index contributed by atoms with van der Waals surface area (Å²) in [6, 6.07) is 10.2. The van der Waals surface area contributed by atoms with Crippen LogP contribution in [0.15, 0.2) is 36.4 Å². The van der Waals surface area contributed by atoms with Crippen molar-refractivity contribution >= 4 is 34.5 Å². The predicted molar refractivity (Wildman–Crippen MR) is 88.9 cm³/mol. The van der Waals surface area contributed by atoms with E-state index >= 15 is 0 Å². The molecule has 0 unspecified atom stereocenters. The molecule has 1 aromatic carbocycles. The zero-order valence-corrected chi connectivity index (χ0v) is 12.8. The van der Waals surface area contributed by atoms with E-state index in [0.29, 0.717) is 21.1 Å². The molecule has 22 heavy (non-hydrogen) atoms. The normalized spacial score (nSPS) is 9.82. The van der Waals surface area contributed by atoms with Crippen LogP contribution in [0.3, 0.4) is 0 Å². The summed E-state index contributed by atoms with van der Waals surface area (Å²) < 4.78 is 0. The van der Waals surface area contributed by atoms with E-state index in [1.165, 1.54) is 4.90 Å². The zero-order chi connectivity index (χ0) is 16.1. The van der Waals surface area contributed by atoms with Gasteiger partial charge in [0, 0.05) is 7.05 Å². The Balaban J connectivity index is 2.11. The first-order valence-corrected chi connectivity index (χ1v) is 7.29. The lowest BCUT2D eigenvalue weighted by atomic mass is 10.2. The smallest absolute Gasteiger partial charge is 0.265 e. The molecule has 0 radical (unpaired) electrons. The van der Waals surface area contributed by atoms with Crippen LogP contribution >= 0.6 is 11.3 Å². The van der Waals surface area contributed by atoms with Crippen molar-refractivity contribution in [1.29, 1.82) is 0 Å². The molecule has 0 saturated carbocycles. The minimum atomic E-state index is -0.304. The van der Waals surface area contributed by atoms with Crippen LogP contribution in [0.2, 0.25) is 0 Å². The van der Waals surface area contributed by atoms with Crippen LogP contribution < -0.4 is 11.1 Å². The third kappa shape index (κ3) is 3.45. The molecule has 0 aliphatic heterocycles. The van der Waals surface area contributed by atoms with E-state index in [-0.39, 0.29) is 18.4 Å². The minimum Gasteiger partial charge on any atom is -0.397 e. The van der Waals surface area contributed by atoms with E-state index in [0.717, 1.165) is 11.3 Å². The van der Waals surface area contributed by atoms with Crippen LogP contribution in [-0.2, 0) is 0 Å². The van der Waals surface area contributed by atoms with Gasteiger partial charge in [-0.25, -0.2) is 0 Å². The number of thiophene rings is 1. The zero-order valence-electron chi connectivity index (χ0n) is 12.0. The molecular weight excluding hydrogens is 298 g/mol. The molecule has 3 N–H and O–H groups in total. The second kappa shape index (κ2) is 6.78. The number of nitrogens with two attached hydrogens (primary N) is 1. The Morgan fingerprint density at radius 1 is 1.27 bits per heavy atom. The number of para-hydroxylation sites is 2. The number of nitrogens with zero attached hydrogens (tertiary/aromatic N) is 1. The van der Waals surface area contributed by atoms with Gasteiger partial charge in [0.25, 0.3) is 11.8 Å². The number of rotatable bonds is 4. The third-order valence-corrected chi connectivity index (χ3v) is 4.00. The van der Waals surface area contributed by atoms with Gasteiger partial charge in [0.2, 0.25) is 0 Å². The number of carbonyl (C=O) groups excluding carboxylic acids is 2. The summed E-state index contributed by atoms with van der Waals surface area (Å²) in [5.41, 5.74) is 6.81. The van der Waals surface area contributed by atoms with Gasteiger partial charge in [0.1, 0.15) is 0 Å². The first-order chi connectivity index (χ1) is 10.5. The fourth-order valence-corrected chi connectivity index (χ4v) is 2.66. The lowest BCUT2D eigenvalue weighted by molar-refractivity contribution is 0.0817. The highest BCUT2D eigenvalue weighted by Crippen LogP contribution is 2.22. The van der Waals surface area contributed by atoms with Crippen molar-refractivity contribution in [3.63, 3.8) is 0 Å². The maximum Gasteiger partial charge on any atom is 0.265 e. The molecule has 0 bridgehead atoms. The fraction of sp³-hybridized carbons (Fsp3) is 0.125. The molecule has 5 nitrogen and oxygen atoms in total. The molecule has 0 aliphatic rings. The second-order valence-corrected chi connectivity index (χ2v) is 5.65. The molecule has 2 amide bonds. The summed E-state index contributed by atoms with van der Waals surface area (Å²) in [6.45, 7) is 0.221. The molecule has 112 valence electrons. The summed E-state index contributed by atoms with van der Waals surface area (Å²) in [7, 11) is 1.62. The topological polar surface area (TPSA) is 75.4 Å². The number of hydrogen-bond acceptors (Lipinski definition) is 4. The number of carbonyl (C=O) groups is 2. The largest absolute Gasteiger partial charge is 0.397 e. The summed E-state index contributed by atoms with van der Waals surface area (Å²) in [5, 5.41) is 2.72. The Morgan fingerprint density at radius 2 is 1.95 bits per heavy atom. The van der Waals surface area contributed by atoms with Gasteiger partial charge in [-0.05, 0) is 24.3 Å². The summed E-state index contributed by atoms with van der Waals surface area (Å²) in [4.78, 5) is 26.6. The van der Waals surface area contributed by atoms with Gasteiger partial charge in [0.05, 0.1) is 27.7 Å². The highest BCUT2D eigenvalue weighted by atomic mass is 32.1. The lowest BCUT2D eigenvalue weighted by Gasteiger charge is -2.11. The first kappa shape index (κ1) is 15.6. The van der Waals surface area contributed by atoms with Crippen LogP contribution in [0.25, 0.3) is 0 Å². The standard InChI is InChI=1S/C16H15N3O2S/c1-3-10-19(2)16(21)14-9-8-13(22-14)15(20)18-12-7-5-4-6-11(12)17/h1,4-9H,10,17H2,2H3,(H,18,20). The molecule has 0 aliphatic carbocycles. The van der Waals surface area contributed by atoms with Crippen molar-refractivity contribution < 1.29 is 9.59 Å². The molecular formula is C16H15N3O2S. The van der Waals surface area contributed by atoms with Crippen molar-refractivity contribution in [3.8, 4) is 12.3 Å².